The SMILES string of the molecule is COc1ccc(CN(Cc2ccc(OC)cc2)c2ccc(C3CC3C(=O)Nc3ccc(S(=O)(=O)c4ccccc4)cc3)cn2)cc1. The Bertz CT molecular complexity index is 1830. The van der Waals surface area contributed by atoms with Crippen LogP contribution in [-0.2, 0) is 27.7 Å². The highest BCUT2D eigenvalue weighted by atomic mass is 32.2. The highest BCUT2D eigenvalue weighted by Gasteiger charge is 2.44. The molecule has 8 nitrogen and oxygen atoms in total. The Balaban J connectivity index is 1.11. The Morgan fingerprint density at radius 1 is 0.761 bits per heavy atom. The van der Waals surface area contributed by atoms with E-state index in [-0.39, 0.29) is 27.5 Å². The molecule has 0 aliphatic heterocycles. The maximum atomic E-state index is 13.1. The Morgan fingerprint density at radius 3 is 1.85 bits per heavy atom. The number of ether oxygens (including phenoxy) is 2. The van der Waals surface area contributed by atoms with Gasteiger partial charge in [-0.15, -0.1) is 0 Å². The number of anilines is 2. The Hall–Kier alpha value is -5.15. The van der Waals surface area contributed by atoms with Crippen molar-refractivity contribution >= 4 is 27.2 Å². The van der Waals surface area contributed by atoms with E-state index in [0.29, 0.717) is 18.8 Å². The van der Waals surface area contributed by atoms with Crippen molar-refractivity contribution in [2.24, 2.45) is 5.92 Å². The van der Waals surface area contributed by atoms with Crippen LogP contribution in [-0.4, -0.2) is 33.5 Å². The van der Waals surface area contributed by atoms with E-state index in [1.165, 1.54) is 12.1 Å². The lowest BCUT2D eigenvalue weighted by Gasteiger charge is -2.24. The summed E-state index contributed by atoms with van der Waals surface area (Å²) in [6.07, 6.45) is 2.60. The normalized spacial score (nSPS) is 15.5. The summed E-state index contributed by atoms with van der Waals surface area (Å²) in [5.41, 5.74) is 3.83. The first-order valence-electron chi connectivity index (χ1n) is 15.0. The second-order valence-corrected chi connectivity index (χ2v) is 13.2. The van der Waals surface area contributed by atoms with Gasteiger partial charge in [-0.2, -0.15) is 0 Å². The fraction of sp³-hybridized carbons (Fsp3) is 0.189. The number of sulfone groups is 1. The number of benzene rings is 4. The average molecular weight is 634 g/mol. The van der Waals surface area contributed by atoms with E-state index >= 15 is 0 Å². The molecule has 1 saturated carbocycles. The molecule has 0 spiro atoms. The van der Waals surface area contributed by atoms with E-state index in [1.54, 1.807) is 56.7 Å². The minimum Gasteiger partial charge on any atom is -0.497 e. The van der Waals surface area contributed by atoms with Crippen LogP contribution in [0.25, 0.3) is 0 Å². The van der Waals surface area contributed by atoms with E-state index < -0.39 is 9.84 Å². The van der Waals surface area contributed by atoms with E-state index in [4.69, 9.17) is 14.5 Å². The molecule has 1 fully saturated rings. The number of carbonyl (C=O) groups is 1. The lowest BCUT2D eigenvalue weighted by molar-refractivity contribution is -0.117. The van der Waals surface area contributed by atoms with Crippen molar-refractivity contribution < 1.29 is 22.7 Å². The first kappa shape index (κ1) is 30.9. The van der Waals surface area contributed by atoms with Gasteiger partial charge >= 0.3 is 0 Å². The Morgan fingerprint density at radius 2 is 1.33 bits per heavy atom. The molecule has 2 atom stereocenters. The summed E-state index contributed by atoms with van der Waals surface area (Å²) in [5, 5.41) is 2.94. The molecule has 1 aliphatic carbocycles. The van der Waals surface area contributed by atoms with Gasteiger partial charge in [0.2, 0.25) is 15.7 Å². The predicted molar refractivity (Wildman–Crippen MR) is 178 cm³/mol. The van der Waals surface area contributed by atoms with Crippen LogP contribution in [0, 0.1) is 5.92 Å². The van der Waals surface area contributed by atoms with Crippen molar-refractivity contribution in [1.82, 2.24) is 4.98 Å². The molecule has 1 aromatic heterocycles. The van der Waals surface area contributed by atoms with Crippen molar-refractivity contribution in [2.45, 2.75) is 35.2 Å². The van der Waals surface area contributed by atoms with Gasteiger partial charge in [0.25, 0.3) is 0 Å². The highest BCUT2D eigenvalue weighted by Crippen LogP contribution is 2.48. The van der Waals surface area contributed by atoms with Gasteiger partial charge < -0.3 is 19.7 Å². The number of amides is 1. The minimum absolute atomic E-state index is 0.0795. The van der Waals surface area contributed by atoms with Gasteiger partial charge in [0, 0.05) is 30.9 Å². The zero-order valence-corrected chi connectivity index (χ0v) is 26.5. The first-order chi connectivity index (χ1) is 22.3. The van der Waals surface area contributed by atoms with Gasteiger partial charge in [-0.05, 0) is 95.8 Å². The van der Waals surface area contributed by atoms with Crippen LogP contribution < -0.4 is 19.7 Å². The quantitative estimate of drug-likeness (QED) is 0.160. The maximum absolute atomic E-state index is 13.1. The third-order valence-electron chi connectivity index (χ3n) is 8.20. The lowest BCUT2D eigenvalue weighted by Crippen LogP contribution is -2.23. The summed E-state index contributed by atoms with van der Waals surface area (Å²) in [5.74, 6) is 2.27. The molecular formula is C37H35N3O5S. The second-order valence-electron chi connectivity index (χ2n) is 11.3. The molecule has 6 rings (SSSR count). The third kappa shape index (κ3) is 7.05. The Labute approximate surface area is 269 Å². The fourth-order valence-corrected chi connectivity index (χ4v) is 6.75. The number of aromatic nitrogens is 1. The molecule has 1 aliphatic rings. The smallest absolute Gasteiger partial charge is 0.228 e. The standard InChI is InChI=1S/C37H35N3O5S/c1-44-30-15-8-26(9-16-30)24-40(25-27-10-17-31(45-2)18-11-27)36-21-12-28(23-38-36)34-22-35(34)37(41)39-29-13-19-33(20-14-29)46(42,43)32-6-4-3-5-7-32/h3-21,23,34-35H,22,24-25H2,1-2H3,(H,39,41). The van der Waals surface area contributed by atoms with Gasteiger partial charge in [-0.25, -0.2) is 13.4 Å². The second kappa shape index (κ2) is 13.5. The average Bonchev–Trinajstić information content (AvgIpc) is 3.91. The maximum Gasteiger partial charge on any atom is 0.228 e. The summed E-state index contributed by atoms with van der Waals surface area (Å²) in [4.78, 5) is 20.5. The molecular weight excluding hydrogens is 598 g/mol. The summed E-state index contributed by atoms with van der Waals surface area (Å²) >= 11 is 0. The number of rotatable bonds is 12. The van der Waals surface area contributed by atoms with Gasteiger partial charge in [0.1, 0.15) is 17.3 Å². The van der Waals surface area contributed by atoms with Crippen molar-refractivity contribution in [3.63, 3.8) is 0 Å². The Kier molecular flexibility index (Phi) is 9.03. The van der Waals surface area contributed by atoms with E-state index in [1.807, 2.05) is 36.5 Å². The summed E-state index contributed by atoms with van der Waals surface area (Å²) in [6.45, 7) is 1.31. The molecule has 46 heavy (non-hydrogen) atoms. The molecule has 2 unspecified atom stereocenters. The summed E-state index contributed by atoms with van der Waals surface area (Å²) in [7, 11) is -0.305. The number of hydrogen-bond donors (Lipinski definition) is 1. The van der Waals surface area contributed by atoms with Crippen molar-refractivity contribution in [2.75, 3.05) is 24.4 Å². The molecule has 234 valence electrons. The number of nitrogens with one attached hydrogen (secondary N) is 1. The number of hydrogen-bond acceptors (Lipinski definition) is 7. The zero-order valence-electron chi connectivity index (χ0n) is 25.7. The van der Waals surface area contributed by atoms with Crippen LogP contribution in [0.1, 0.15) is 29.0 Å². The van der Waals surface area contributed by atoms with Crippen LogP contribution in [0.4, 0.5) is 11.5 Å². The molecule has 1 heterocycles. The number of pyridine rings is 1. The van der Waals surface area contributed by atoms with Crippen molar-refractivity contribution in [3.05, 3.63) is 138 Å². The van der Waals surface area contributed by atoms with Crippen LogP contribution >= 0.6 is 0 Å². The molecule has 0 saturated heterocycles. The molecule has 0 bridgehead atoms. The van der Waals surface area contributed by atoms with Crippen LogP contribution in [0.3, 0.4) is 0 Å². The van der Waals surface area contributed by atoms with Crippen molar-refractivity contribution in [1.29, 1.82) is 0 Å². The molecule has 0 radical (unpaired) electrons. The van der Waals surface area contributed by atoms with E-state index in [9.17, 15) is 13.2 Å². The van der Waals surface area contributed by atoms with Crippen LogP contribution in [0.15, 0.2) is 131 Å². The molecule has 1 N–H and O–H groups in total. The van der Waals surface area contributed by atoms with Crippen molar-refractivity contribution in [3.8, 4) is 11.5 Å². The van der Waals surface area contributed by atoms with E-state index in [0.717, 1.165) is 40.4 Å². The predicted octanol–water partition coefficient (Wildman–Crippen LogP) is 6.88. The largest absolute Gasteiger partial charge is 0.497 e. The van der Waals surface area contributed by atoms with Gasteiger partial charge in [0.05, 0.1) is 24.0 Å². The molecule has 9 heteroatoms. The van der Waals surface area contributed by atoms with E-state index in [2.05, 4.69) is 40.5 Å². The van der Waals surface area contributed by atoms with Gasteiger partial charge in [-0.1, -0.05) is 48.5 Å². The third-order valence-corrected chi connectivity index (χ3v) is 9.99. The number of methoxy groups -OCH3 is 2. The first-order valence-corrected chi connectivity index (χ1v) is 16.5. The van der Waals surface area contributed by atoms with Gasteiger partial charge in [0.15, 0.2) is 0 Å². The molecule has 4 aromatic carbocycles. The number of carbonyl (C=O) groups excluding carboxylic acids is 1. The summed E-state index contributed by atoms with van der Waals surface area (Å²) < 4.78 is 36.4. The minimum atomic E-state index is -3.62. The monoisotopic (exact) mass is 633 g/mol. The number of nitrogens with zero attached hydrogens (tertiary/aromatic N) is 2. The topological polar surface area (TPSA) is 97.8 Å². The van der Waals surface area contributed by atoms with Crippen LogP contribution in [0.2, 0.25) is 0 Å². The fourth-order valence-electron chi connectivity index (χ4n) is 5.47. The summed E-state index contributed by atoms with van der Waals surface area (Å²) in [6, 6.07) is 34.7. The van der Waals surface area contributed by atoms with Crippen LogP contribution in [0.5, 0.6) is 11.5 Å². The molecule has 5 aromatic rings. The highest BCUT2D eigenvalue weighted by molar-refractivity contribution is 7.91. The zero-order chi connectivity index (χ0) is 32.1. The van der Waals surface area contributed by atoms with Gasteiger partial charge in [-0.3, -0.25) is 4.79 Å². The lowest BCUT2D eigenvalue weighted by atomic mass is 10.1. The molecule has 1 amide bonds.